The molecule has 1 rings (SSSR count). The van der Waals surface area contributed by atoms with Crippen molar-refractivity contribution in [2.45, 2.75) is 106 Å². The van der Waals surface area contributed by atoms with Crippen LogP contribution in [0.25, 0.3) is 0 Å². The first kappa shape index (κ1) is 29.1. The molecule has 1 N–H and O–H groups in total. The lowest BCUT2D eigenvalue weighted by Gasteiger charge is -2.41. The molecule has 0 bridgehead atoms. The summed E-state index contributed by atoms with van der Waals surface area (Å²) in [6.45, 7) is 18.8. The van der Waals surface area contributed by atoms with Gasteiger partial charge in [0, 0.05) is 18.7 Å². The zero-order valence-corrected chi connectivity index (χ0v) is 22.5. The molecule has 7 nitrogen and oxygen atoms in total. The number of hydrogen-bond acceptors (Lipinski definition) is 5. The molecule has 190 valence electrons. The Morgan fingerprint density at radius 3 is 2.24 bits per heavy atom. The SMILES string of the molecule is CCOC(=O)C(C)=C[C@@H](C(C)C)N(C)C(=O)[C@H](NC(=O)C1CCCCN1C(C)C)C(C)(C)C. The second-order valence-electron chi connectivity index (χ2n) is 10.9. The van der Waals surface area contributed by atoms with Crippen molar-refractivity contribution in [3.63, 3.8) is 0 Å². The Kier molecular flexibility index (Phi) is 11.1. The van der Waals surface area contributed by atoms with Crippen LogP contribution in [-0.2, 0) is 19.1 Å². The Bertz CT molecular complexity index is 709. The number of ether oxygens (including phenoxy) is 1. The number of amides is 2. The van der Waals surface area contributed by atoms with Crippen LogP contribution in [0.5, 0.6) is 0 Å². The van der Waals surface area contributed by atoms with E-state index in [1.54, 1.807) is 31.9 Å². The zero-order chi connectivity index (χ0) is 25.5. The van der Waals surface area contributed by atoms with Gasteiger partial charge >= 0.3 is 5.97 Å². The number of likely N-dealkylation sites (tertiary alicyclic amines) is 1. The van der Waals surface area contributed by atoms with Gasteiger partial charge in [0.25, 0.3) is 0 Å². The Morgan fingerprint density at radius 1 is 1.15 bits per heavy atom. The summed E-state index contributed by atoms with van der Waals surface area (Å²) in [4.78, 5) is 43.1. The van der Waals surface area contributed by atoms with E-state index in [2.05, 4.69) is 24.1 Å². The van der Waals surface area contributed by atoms with Crippen molar-refractivity contribution in [3.8, 4) is 0 Å². The minimum absolute atomic E-state index is 0.0782. The highest BCUT2D eigenvalue weighted by Gasteiger charge is 2.39. The van der Waals surface area contributed by atoms with Crippen LogP contribution in [0.1, 0.15) is 81.6 Å². The highest BCUT2D eigenvalue weighted by Crippen LogP contribution is 2.26. The molecule has 3 atom stereocenters. The van der Waals surface area contributed by atoms with Crippen LogP contribution in [0.2, 0.25) is 0 Å². The second-order valence-corrected chi connectivity index (χ2v) is 10.9. The van der Waals surface area contributed by atoms with Gasteiger partial charge < -0.3 is 15.0 Å². The van der Waals surface area contributed by atoms with Gasteiger partial charge in [0.2, 0.25) is 11.8 Å². The number of hydrogen-bond donors (Lipinski definition) is 1. The zero-order valence-electron chi connectivity index (χ0n) is 22.5. The van der Waals surface area contributed by atoms with E-state index < -0.39 is 11.5 Å². The Balaban J connectivity index is 3.15. The van der Waals surface area contributed by atoms with E-state index in [4.69, 9.17) is 4.74 Å². The summed E-state index contributed by atoms with van der Waals surface area (Å²) in [5.41, 5.74) is 0.000989. The average Bonchev–Trinajstić information content (AvgIpc) is 2.73. The van der Waals surface area contributed by atoms with Gasteiger partial charge in [0.05, 0.1) is 18.7 Å². The van der Waals surface area contributed by atoms with Gasteiger partial charge in [-0.1, -0.05) is 47.1 Å². The molecule has 1 aliphatic heterocycles. The molecule has 0 aromatic carbocycles. The second kappa shape index (κ2) is 12.5. The number of piperidine rings is 1. The standard InChI is InChI=1S/C26H47N3O4/c1-11-33-25(32)19(6)16-21(17(2)3)28(10)24(31)22(26(7,8)9)27-23(30)20-14-12-13-15-29(20)18(4)5/h16-18,20-22H,11-15H2,1-10H3,(H,27,30)/t20?,21-,22-/m0/s1. The molecule has 0 radical (unpaired) electrons. The third-order valence-electron chi connectivity index (χ3n) is 6.41. The minimum Gasteiger partial charge on any atom is -0.463 e. The van der Waals surface area contributed by atoms with Crippen LogP contribution in [0.3, 0.4) is 0 Å². The van der Waals surface area contributed by atoms with Crippen LogP contribution >= 0.6 is 0 Å². The molecule has 0 aromatic heterocycles. The highest BCUT2D eigenvalue weighted by molar-refractivity contribution is 5.91. The number of esters is 1. The first-order valence-electron chi connectivity index (χ1n) is 12.4. The Labute approximate surface area is 201 Å². The normalized spacial score (nSPS) is 19.9. The van der Waals surface area contributed by atoms with Crippen LogP contribution in [0.4, 0.5) is 0 Å². The van der Waals surface area contributed by atoms with Crippen molar-refractivity contribution in [2.24, 2.45) is 11.3 Å². The van der Waals surface area contributed by atoms with E-state index in [9.17, 15) is 14.4 Å². The molecule has 0 aromatic rings. The number of nitrogens with one attached hydrogen (secondary N) is 1. The van der Waals surface area contributed by atoms with Crippen molar-refractivity contribution >= 4 is 17.8 Å². The molecule has 1 fully saturated rings. The Morgan fingerprint density at radius 2 is 1.76 bits per heavy atom. The molecule has 33 heavy (non-hydrogen) atoms. The predicted octanol–water partition coefficient (Wildman–Crippen LogP) is 3.77. The van der Waals surface area contributed by atoms with Crippen LogP contribution in [0, 0.1) is 11.3 Å². The number of carbonyl (C=O) groups excluding carboxylic acids is 3. The molecule has 2 amide bonds. The van der Waals surface area contributed by atoms with Crippen LogP contribution < -0.4 is 5.32 Å². The summed E-state index contributed by atoms with van der Waals surface area (Å²) in [7, 11) is 1.74. The third-order valence-corrected chi connectivity index (χ3v) is 6.41. The molecule has 7 heteroatoms. The molecular formula is C26H47N3O4. The van der Waals surface area contributed by atoms with E-state index in [0.29, 0.717) is 12.2 Å². The third kappa shape index (κ3) is 8.13. The quantitative estimate of drug-likeness (QED) is 0.414. The van der Waals surface area contributed by atoms with E-state index in [0.717, 1.165) is 25.8 Å². The average molecular weight is 466 g/mol. The fourth-order valence-electron chi connectivity index (χ4n) is 4.41. The predicted molar refractivity (Wildman–Crippen MR) is 133 cm³/mol. The lowest BCUT2D eigenvalue weighted by atomic mass is 9.84. The minimum atomic E-state index is -0.677. The summed E-state index contributed by atoms with van der Waals surface area (Å²) in [5, 5.41) is 3.10. The fraction of sp³-hybridized carbons (Fsp3) is 0.808. The molecule has 0 saturated carbocycles. The van der Waals surface area contributed by atoms with Crippen LogP contribution in [-0.4, -0.2) is 72.0 Å². The largest absolute Gasteiger partial charge is 0.463 e. The van der Waals surface area contributed by atoms with Gasteiger partial charge in [0.15, 0.2) is 0 Å². The van der Waals surface area contributed by atoms with Crippen molar-refractivity contribution < 1.29 is 19.1 Å². The summed E-state index contributed by atoms with van der Waals surface area (Å²) < 4.78 is 5.10. The highest BCUT2D eigenvalue weighted by atomic mass is 16.5. The van der Waals surface area contributed by atoms with Crippen molar-refractivity contribution in [3.05, 3.63) is 11.6 Å². The Hall–Kier alpha value is -1.89. The van der Waals surface area contributed by atoms with Gasteiger partial charge in [-0.25, -0.2) is 4.79 Å². The maximum atomic E-state index is 13.7. The van der Waals surface area contributed by atoms with Gasteiger partial charge in [-0.15, -0.1) is 0 Å². The van der Waals surface area contributed by atoms with Gasteiger partial charge in [-0.3, -0.25) is 14.5 Å². The summed E-state index contributed by atoms with van der Waals surface area (Å²) in [6.07, 6.45) is 4.71. The molecule has 1 heterocycles. The molecule has 1 unspecified atom stereocenters. The van der Waals surface area contributed by atoms with Crippen molar-refractivity contribution in [2.75, 3.05) is 20.2 Å². The molecule has 0 spiro atoms. The monoisotopic (exact) mass is 465 g/mol. The molecule has 1 saturated heterocycles. The van der Waals surface area contributed by atoms with Gasteiger partial charge in [-0.05, 0) is 58.4 Å². The maximum absolute atomic E-state index is 13.7. The summed E-state index contributed by atoms with van der Waals surface area (Å²) in [5.74, 6) is -0.538. The first-order valence-corrected chi connectivity index (χ1v) is 12.4. The van der Waals surface area contributed by atoms with Crippen molar-refractivity contribution in [1.82, 2.24) is 15.1 Å². The number of likely N-dealkylation sites (N-methyl/N-ethyl adjacent to an activating group) is 1. The first-order chi connectivity index (χ1) is 15.2. The molecular weight excluding hydrogens is 418 g/mol. The van der Waals surface area contributed by atoms with Gasteiger partial charge in [0.1, 0.15) is 6.04 Å². The summed E-state index contributed by atoms with van der Waals surface area (Å²) in [6, 6.07) is -0.920. The van der Waals surface area contributed by atoms with Crippen molar-refractivity contribution in [1.29, 1.82) is 0 Å². The molecule has 0 aliphatic carbocycles. The van der Waals surface area contributed by atoms with Gasteiger partial charge in [-0.2, -0.15) is 0 Å². The lowest BCUT2D eigenvalue weighted by molar-refractivity contribution is -0.142. The lowest BCUT2D eigenvalue weighted by Crippen LogP contribution is -2.60. The number of rotatable bonds is 9. The maximum Gasteiger partial charge on any atom is 0.333 e. The topological polar surface area (TPSA) is 79.0 Å². The molecule has 1 aliphatic rings. The number of carbonyl (C=O) groups is 3. The van der Waals surface area contributed by atoms with E-state index in [1.165, 1.54) is 0 Å². The number of nitrogens with zero attached hydrogens (tertiary/aromatic N) is 2. The summed E-state index contributed by atoms with van der Waals surface area (Å²) >= 11 is 0. The fourth-order valence-corrected chi connectivity index (χ4v) is 4.41. The smallest absolute Gasteiger partial charge is 0.333 e. The van der Waals surface area contributed by atoms with Crippen LogP contribution in [0.15, 0.2) is 11.6 Å². The van der Waals surface area contributed by atoms with E-state index in [-0.39, 0.29) is 41.8 Å². The van der Waals surface area contributed by atoms with E-state index in [1.807, 2.05) is 34.6 Å². The van der Waals surface area contributed by atoms with E-state index >= 15 is 0 Å².